The molecule has 4 nitrogen and oxygen atoms in total. The lowest BCUT2D eigenvalue weighted by Gasteiger charge is -2.44. The molecule has 2 aliphatic heterocycles. The van der Waals surface area contributed by atoms with E-state index in [4.69, 9.17) is 9.47 Å². The Morgan fingerprint density at radius 3 is 1.74 bits per heavy atom. The average Bonchev–Trinajstić information content (AvgIpc) is 3.53. The van der Waals surface area contributed by atoms with Crippen LogP contribution in [0.4, 0.5) is 0 Å². The molecule has 2 saturated heterocycles. The highest BCUT2D eigenvalue weighted by molar-refractivity contribution is 5.39. The molecule has 188 valence electrons. The van der Waals surface area contributed by atoms with Crippen LogP contribution in [0.5, 0.6) is 0 Å². The van der Waals surface area contributed by atoms with Gasteiger partial charge in [0.2, 0.25) is 0 Å². The predicted molar refractivity (Wildman–Crippen MR) is 142 cm³/mol. The van der Waals surface area contributed by atoms with Gasteiger partial charge in [0.05, 0.1) is 6.61 Å². The van der Waals surface area contributed by atoms with Crippen molar-refractivity contribution in [3.63, 3.8) is 0 Å². The normalized spacial score (nSPS) is 21.8. The Kier molecular flexibility index (Phi) is 10.1. The number of ether oxygens (including phenoxy) is 2. The molecule has 2 aromatic rings. The molecule has 0 N–H and O–H groups in total. The van der Waals surface area contributed by atoms with E-state index in [1.54, 1.807) is 7.11 Å². The summed E-state index contributed by atoms with van der Waals surface area (Å²) in [6.45, 7) is 12.4. The Morgan fingerprint density at radius 2 is 1.26 bits per heavy atom. The minimum Gasteiger partial charge on any atom is -0.383 e. The monoisotopic (exact) mass is 466 g/mol. The second-order valence-corrected chi connectivity index (χ2v) is 10.2. The SMILES string of the molecule is COC(c1ccccc1)(c1ccccc1)[C@@H]1CCCN1C(C)C.COC[C@@H]1CCCN1C(C)C. The largest absolute Gasteiger partial charge is 0.383 e. The molecule has 2 atom stereocenters. The van der Waals surface area contributed by atoms with Gasteiger partial charge in [0.15, 0.2) is 0 Å². The van der Waals surface area contributed by atoms with Gasteiger partial charge >= 0.3 is 0 Å². The van der Waals surface area contributed by atoms with Crippen molar-refractivity contribution in [1.82, 2.24) is 9.80 Å². The van der Waals surface area contributed by atoms with Crippen LogP contribution in [0.15, 0.2) is 60.7 Å². The fraction of sp³-hybridized carbons (Fsp3) is 0.600. The second-order valence-electron chi connectivity index (χ2n) is 10.2. The molecule has 34 heavy (non-hydrogen) atoms. The Morgan fingerprint density at radius 1 is 0.765 bits per heavy atom. The van der Waals surface area contributed by atoms with Crippen molar-refractivity contribution in [2.24, 2.45) is 0 Å². The standard InChI is InChI=1S/C21H27NO.C9H19NO/c1-17(2)22-16-10-15-20(22)21(23-3,18-11-6-4-7-12-18)19-13-8-5-9-14-19;1-8(2)10-6-4-5-9(10)7-11-3/h4-9,11-14,17,20H,10,15-16H2,1-3H3;8-9H,4-7H2,1-3H3/t20-;9-/m00/s1. The second kappa shape index (κ2) is 12.8. The van der Waals surface area contributed by atoms with E-state index in [-0.39, 0.29) is 0 Å². The van der Waals surface area contributed by atoms with E-state index in [2.05, 4.69) is 98.2 Å². The molecule has 0 bridgehead atoms. The third kappa shape index (κ3) is 5.91. The van der Waals surface area contributed by atoms with Crippen LogP contribution < -0.4 is 0 Å². The van der Waals surface area contributed by atoms with E-state index in [0.29, 0.717) is 24.2 Å². The summed E-state index contributed by atoms with van der Waals surface area (Å²) in [4.78, 5) is 5.13. The maximum Gasteiger partial charge on any atom is 0.133 e. The minimum atomic E-state index is -0.413. The number of methoxy groups -OCH3 is 2. The van der Waals surface area contributed by atoms with Crippen LogP contribution in [-0.4, -0.2) is 67.9 Å². The van der Waals surface area contributed by atoms with Crippen molar-refractivity contribution >= 4 is 0 Å². The Labute approximate surface area is 208 Å². The van der Waals surface area contributed by atoms with E-state index in [0.717, 1.165) is 19.6 Å². The van der Waals surface area contributed by atoms with Crippen LogP contribution in [0, 0.1) is 0 Å². The number of likely N-dealkylation sites (tertiary alicyclic amines) is 2. The fourth-order valence-electron chi connectivity index (χ4n) is 6.05. The summed E-state index contributed by atoms with van der Waals surface area (Å²) < 4.78 is 11.5. The highest BCUT2D eigenvalue weighted by atomic mass is 16.5. The van der Waals surface area contributed by atoms with Crippen LogP contribution in [0.2, 0.25) is 0 Å². The molecule has 2 aliphatic rings. The zero-order valence-electron chi connectivity index (χ0n) is 22.2. The molecule has 0 spiro atoms. The number of hydrogen-bond acceptors (Lipinski definition) is 4. The summed E-state index contributed by atoms with van der Waals surface area (Å²) >= 11 is 0. The van der Waals surface area contributed by atoms with E-state index in [1.807, 2.05) is 7.11 Å². The number of nitrogens with zero attached hydrogens (tertiary/aromatic N) is 2. The first-order chi connectivity index (χ1) is 16.5. The molecule has 0 radical (unpaired) electrons. The summed E-state index contributed by atoms with van der Waals surface area (Å²) in [5.74, 6) is 0. The summed E-state index contributed by atoms with van der Waals surface area (Å²) in [7, 11) is 3.65. The van der Waals surface area contributed by atoms with Crippen LogP contribution in [0.3, 0.4) is 0 Å². The van der Waals surface area contributed by atoms with Gasteiger partial charge in [-0.25, -0.2) is 0 Å². The first-order valence-electron chi connectivity index (χ1n) is 13.1. The Balaban J connectivity index is 0.000000248. The van der Waals surface area contributed by atoms with Gasteiger partial charge < -0.3 is 9.47 Å². The summed E-state index contributed by atoms with van der Waals surface area (Å²) in [5, 5.41) is 0. The smallest absolute Gasteiger partial charge is 0.133 e. The van der Waals surface area contributed by atoms with Gasteiger partial charge in [-0.15, -0.1) is 0 Å². The van der Waals surface area contributed by atoms with Gasteiger partial charge in [-0.3, -0.25) is 9.80 Å². The van der Waals surface area contributed by atoms with Crippen molar-refractivity contribution in [3.8, 4) is 0 Å². The molecule has 0 aromatic heterocycles. The van der Waals surface area contributed by atoms with Crippen molar-refractivity contribution < 1.29 is 9.47 Å². The van der Waals surface area contributed by atoms with Crippen LogP contribution in [0.1, 0.15) is 64.5 Å². The Hall–Kier alpha value is -1.72. The lowest BCUT2D eigenvalue weighted by Crippen LogP contribution is -2.51. The van der Waals surface area contributed by atoms with Crippen molar-refractivity contribution in [2.75, 3.05) is 33.9 Å². The first kappa shape index (κ1) is 26.9. The van der Waals surface area contributed by atoms with Crippen LogP contribution in [-0.2, 0) is 15.1 Å². The lowest BCUT2D eigenvalue weighted by molar-refractivity contribution is -0.0491. The molecule has 2 aromatic carbocycles. The fourth-order valence-corrected chi connectivity index (χ4v) is 6.05. The summed E-state index contributed by atoms with van der Waals surface area (Å²) in [5.41, 5.74) is 2.07. The predicted octanol–water partition coefficient (Wildman–Crippen LogP) is 5.96. The molecule has 0 aliphatic carbocycles. The van der Waals surface area contributed by atoms with E-state index in [9.17, 15) is 0 Å². The van der Waals surface area contributed by atoms with Crippen molar-refractivity contribution in [2.45, 2.75) is 83.1 Å². The molecular formula is C30H46N2O2. The van der Waals surface area contributed by atoms with Crippen LogP contribution >= 0.6 is 0 Å². The molecule has 0 saturated carbocycles. The van der Waals surface area contributed by atoms with Gasteiger partial charge in [0, 0.05) is 38.4 Å². The number of rotatable bonds is 8. The van der Waals surface area contributed by atoms with Gasteiger partial charge in [-0.2, -0.15) is 0 Å². The van der Waals surface area contributed by atoms with Crippen LogP contribution in [0.25, 0.3) is 0 Å². The third-order valence-corrected chi connectivity index (χ3v) is 7.60. The Bertz CT molecular complexity index is 785. The molecule has 2 fully saturated rings. The first-order valence-corrected chi connectivity index (χ1v) is 13.1. The maximum absolute atomic E-state index is 6.33. The van der Waals surface area contributed by atoms with Gasteiger partial charge in [-0.05, 0) is 77.6 Å². The summed E-state index contributed by atoms with van der Waals surface area (Å²) in [6.07, 6.45) is 5.04. The van der Waals surface area contributed by atoms with E-state index >= 15 is 0 Å². The highest BCUT2D eigenvalue weighted by Crippen LogP contribution is 2.43. The van der Waals surface area contributed by atoms with Crippen molar-refractivity contribution in [3.05, 3.63) is 71.8 Å². The molecule has 0 unspecified atom stereocenters. The maximum atomic E-state index is 6.33. The van der Waals surface area contributed by atoms with Crippen molar-refractivity contribution in [1.29, 1.82) is 0 Å². The zero-order valence-corrected chi connectivity index (χ0v) is 22.2. The lowest BCUT2D eigenvalue weighted by atomic mass is 9.78. The highest BCUT2D eigenvalue weighted by Gasteiger charge is 2.47. The number of hydrogen-bond donors (Lipinski definition) is 0. The van der Waals surface area contributed by atoms with Gasteiger partial charge in [0.25, 0.3) is 0 Å². The zero-order chi connectivity index (χ0) is 24.6. The molecule has 4 rings (SSSR count). The van der Waals surface area contributed by atoms with E-state index < -0.39 is 5.60 Å². The molecular weight excluding hydrogens is 420 g/mol. The summed E-state index contributed by atoms with van der Waals surface area (Å²) in [6, 6.07) is 23.6. The quantitative estimate of drug-likeness (QED) is 0.480. The van der Waals surface area contributed by atoms with E-state index in [1.165, 1.54) is 36.9 Å². The van der Waals surface area contributed by atoms with Gasteiger partial charge in [0.1, 0.15) is 5.60 Å². The average molecular weight is 467 g/mol. The third-order valence-electron chi connectivity index (χ3n) is 7.60. The van der Waals surface area contributed by atoms with Gasteiger partial charge in [-0.1, -0.05) is 60.7 Å². The topological polar surface area (TPSA) is 24.9 Å². The number of benzene rings is 2. The molecule has 4 heteroatoms. The minimum absolute atomic E-state index is 0.359. The molecule has 0 amide bonds. The molecule has 2 heterocycles.